The van der Waals surface area contributed by atoms with E-state index in [0.29, 0.717) is 17.0 Å². The van der Waals surface area contributed by atoms with E-state index in [1.54, 1.807) is 6.07 Å². The van der Waals surface area contributed by atoms with Gasteiger partial charge in [-0.25, -0.2) is 8.42 Å². The first-order valence-electron chi connectivity index (χ1n) is 10.8. The average Bonchev–Trinajstić information content (AvgIpc) is 2.77. The number of nitrogens with zero attached hydrogens (tertiary/aromatic N) is 1. The summed E-state index contributed by atoms with van der Waals surface area (Å²) < 4.78 is 26.4. The third kappa shape index (κ3) is 4.98. The highest BCUT2D eigenvalue weighted by Gasteiger charge is 2.39. The lowest BCUT2D eigenvalue weighted by Gasteiger charge is -2.28. The van der Waals surface area contributed by atoms with Crippen molar-refractivity contribution in [2.45, 2.75) is 55.9 Å². The number of hydrogen-bond donors (Lipinski definition) is 2. The van der Waals surface area contributed by atoms with Crippen LogP contribution in [0.15, 0.2) is 47.4 Å². The molecule has 0 amide bonds. The van der Waals surface area contributed by atoms with Crippen molar-refractivity contribution in [1.29, 1.82) is 0 Å². The van der Waals surface area contributed by atoms with E-state index in [-0.39, 0.29) is 17.6 Å². The molecule has 5 nitrogen and oxygen atoms in total. The summed E-state index contributed by atoms with van der Waals surface area (Å²) in [5.41, 5.74) is 9.43. The van der Waals surface area contributed by atoms with Crippen LogP contribution in [-0.2, 0) is 16.3 Å². The van der Waals surface area contributed by atoms with Gasteiger partial charge in [-0.3, -0.25) is 0 Å². The number of anilines is 2. The summed E-state index contributed by atoms with van der Waals surface area (Å²) in [5.74, 6) is -0.478. The number of sulfone groups is 1. The SMILES string of the molecule is CCCCC1CS(=O)(=O)c2ccc(N(C)C)cc2C(CCc2cccc(N)c2)C1O. The van der Waals surface area contributed by atoms with Gasteiger partial charge in [0.1, 0.15) is 0 Å². The molecule has 3 unspecified atom stereocenters. The molecule has 0 saturated heterocycles. The van der Waals surface area contributed by atoms with E-state index in [2.05, 4.69) is 6.92 Å². The summed E-state index contributed by atoms with van der Waals surface area (Å²) in [6.45, 7) is 2.09. The molecule has 3 atom stereocenters. The Balaban J connectivity index is 2.03. The molecule has 164 valence electrons. The van der Waals surface area contributed by atoms with E-state index < -0.39 is 15.9 Å². The number of unbranched alkanes of at least 4 members (excludes halogenated alkanes) is 1. The first kappa shape index (κ1) is 22.6. The van der Waals surface area contributed by atoms with E-state index in [4.69, 9.17) is 5.73 Å². The first-order chi connectivity index (χ1) is 14.2. The number of fused-ring (bicyclic) bond motifs is 1. The molecule has 2 aromatic carbocycles. The van der Waals surface area contributed by atoms with Crippen molar-refractivity contribution in [3.8, 4) is 0 Å². The number of hydrogen-bond acceptors (Lipinski definition) is 5. The second kappa shape index (κ2) is 9.40. The average molecular weight is 431 g/mol. The zero-order chi connectivity index (χ0) is 21.9. The lowest BCUT2D eigenvalue weighted by atomic mass is 9.81. The van der Waals surface area contributed by atoms with Crippen LogP contribution >= 0.6 is 0 Å². The van der Waals surface area contributed by atoms with Gasteiger partial charge in [-0.2, -0.15) is 0 Å². The smallest absolute Gasteiger partial charge is 0.179 e. The molecule has 0 aromatic heterocycles. The number of aliphatic hydroxyl groups is 1. The monoisotopic (exact) mass is 430 g/mol. The van der Waals surface area contributed by atoms with Crippen LogP contribution in [0.4, 0.5) is 11.4 Å². The molecule has 30 heavy (non-hydrogen) atoms. The maximum absolute atomic E-state index is 13.2. The predicted octanol–water partition coefficient (Wildman–Crippen LogP) is 4.01. The maximum atomic E-state index is 13.2. The molecule has 0 fully saturated rings. The highest BCUT2D eigenvalue weighted by atomic mass is 32.2. The molecule has 0 bridgehead atoms. The van der Waals surface area contributed by atoms with Gasteiger partial charge >= 0.3 is 0 Å². The van der Waals surface area contributed by atoms with Crippen LogP contribution in [0, 0.1) is 5.92 Å². The Labute approximate surface area is 180 Å². The number of nitrogen functional groups attached to an aromatic ring is 1. The van der Waals surface area contributed by atoms with Gasteiger partial charge in [-0.1, -0.05) is 31.9 Å². The molecule has 0 saturated carbocycles. The number of aryl methyl sites for hydroxylation is 1. The van der Waals surface area contributed by atoms with Gasteiger partial charge in [0.25, 0.3) is 0 Å². The molecule has 1 aliphatic heterocycles. The standard InChI is InChI=1S/C24H34N2O3S/c1-4-5-8-18-16-30(28,29)23-13-11-20(26(2)3)15-22(23)21(24(18)27)12-10-17-7-6-9-19(25)14-17/h6-7,9,11,13-15,18,21,24,27H,4-5,8,10,12,16,25H2,1-3H3. The van der Waals surface area contributed by atoms with Crippen molar-refractivity contribution >= 4 is 21.2 Å². The number of nitrogens with two attached hydrogens (primary N) is 1. The zero-order valence-corrected chi connectivity index (χ0v) is 19.0. The summed E-state index contributed by atoms with van der Waals surface area (Å²) in [4.78, 5) is 2.34. The van der Waals surface area contributed by atoms with Gasteiger partial charge in [0.05, 0.1) is 16.8 Å². The zero-order valence-electron chi connectivity index (χ0n) is 18.2. The Kier molecular flexibility index (Phi) is 7.09. The van der Waals surface area contributed by atoms with E-state index in [1.165, 1.54) is 0 Å². The highest BCUT2D eigenvalue weighted by Crippen LogP contribution is 2.41. The van der Waals surface area contributed by atoms with E-state index in [0.717, 1.165) is 42.5 Å². The minimum Gasteiger partial charge on any atom is -0.399 e. The van der Waals surface area contributed by atoms with Crippen molar-refractivity contribution in [2.24, 2.45) is 5.92 Å². The van der Waals surface area contributed by atoms with Crippen molar-refractivity contribution in [2.75, 3.05) is 30.5 Å². The minimum atomic E-state index is -3.45. The predicted molar refractivity (Wildman–Crippen MR) is 124 cm³/mol. The van der Waals surface area contributed by atoms with Gasteiger partial charge in [0.2, 0.25) is 0 Å². The van der Waals surface area contributed by atoms with Crippen molar-refractivity contribution < 1.29 is 13.5 Å². The fourth-order valence-corrected chi connectivity index (χ4v) is 6.44. The van der Waals surface area contributed by atoms with Gasteiger partial charge in [-0.15, -0.1) is 0 Å². The van der Waals surface area contributed by atoms with Gasteiger partial charge in [-0.05, 0) is 66.6 Å². The quantitative estimate of drug-likeness (QED) is 0.649. The Morgan fingerprint density at radius 1 is 1.13 bits per heavy atom. The van der Waals surface area contributed by atoms with Gasteiger partial charge < -0.3 is 15.7 Å². The Hall–Kier alpha value is -2.05. The summed E-state index contributed by atoms with van der Waals surface area (Å²) in [5, 5.41) is 11.4. The third-order valence-electron chi connectivity index (χ3n) is 6.20. The Morgan fingerprint density at radius 2 is 1.90 bits per heavy atom. The Morgan fingerprint density at radius 3 is 2.57 bits per heavy atom. The summed E-state index contributed by atoms with van der Waals surface area (Å²) in [6.07, 6.45) is 3.34. The second-order valence-corrected chi connectivity index (χ2v) is 10.7. The van der Waals surface area contributed by atoms with Crippen LogP contribution in [0.5, 0.6) is 0 Å². The summed E-state index contributed by atoms with van der Waals surface area (Å²) in [7, 11) is 0.425. The highest BCUT2D eigenvalue weighted by molar-refractivity contribution is 7.91. The third-order valence-corrected chi connectivity index (χ3v) is 8.11. The number of rotatable bonds is 7. The van der Waals surface area contributed by atoms with Crippen LogP contribution in [-0.4, -0.2) is 39.5 Å². The van der Waals surface area contributed by atoms with Gasteiger partial charge in [0, 0.05) is 31.4 Å². The normalized spacial score (nSPS) is 22.9. The van der Waals surface area contributed by atoms with Crippen LogP contribution in [0.2, 0.25) is 0 Å². The topological polar surface area (TPSA) is 83.6 Å². The molecule has 3 N–H and O–H groups in total. The van der Waals surface area contributed by atoms with E-state index in [1.807, 2.05) is 55.4 Å². The minimum absolute atomic E-state index is 0.0112. The van der Waals surface area contributed by atoms with Crippen LogP contribution in [0.25, 0.3) is 0 Å². The Bertz CT molecular complexity index is 972. The van der Waals surface area contributed by atoms with Crippen molar-refractivity contribution in [1.82, 2.24) is 0 Å². The van der Waals surface area contributed by atoms with Gasteiger partial charge in [0.15, 0.2) is 9.84 Å². The van der Waals surface area contributed by atoms with Crippen molar-refractivity contribution in [3.05, 3.63) is 53.6 Å². The molecule has 1 heterocycles. The summed E-state index contributed by atoms with van der Waals surface area (Å²) in [6, 6.07) is 13.3. The molecule has 2 aromatic rings. The lowest BCUT2D eigenvalue weighted by Crippen LogP contribution is -2.30. The molecule has 0 radical (unpaired) electrons. The molecular formula is C24H34N2O3S. The fraction of sp³-hybridized carbons (Fsp3) is 0.500. The molecule has 0 aliphatic carbocycles. The fourth-order valence-electron chi connectivity index (χ4n) is 4.49. The lowest BCUT2D eigenvalue weighted by molar-refractivity contribution is 0.0818. The summed E-state index contributed by atoms with van der Waals surface area (Å²) >= 11 is 0. The molecule has 3 rings (SSSR count). The van der Waals surface area contributed by atoms with E-state index in [9.17, 15) is 13.5 Å². The molecular weight excluding hydrogens is 396 g/mol. The maximum Gasteiger partial charge on any atom is 0.179 e. The molecule has 1 aliphatic rings. The van der Waals surface area contributed by atoms with Crippen molar-refractivity contribution in [3.63, 3.8) is 0 Å². The van der Waals surface area contributed by atoms with Crippen LogP contribution in [0.3, 0.4) is 0 Å². The largest absolute Gasteiger partial charge is 0.399 e. The van der Waals surface area contributed by atoms with Crippen LogP contribution < -0.4 is 10.6 Å². The molecule has 6 heteroatoms. The first-order valence-corrected chi connectivity index (χ1v) is 12.4. The number of aliphatic hydroxyl groups excluding tert-OH is 1. The van der Waals surface area contributed by atoms with Crippen LogP contribution in [0.1, 0.15) is 49.7 Å². The second-order valence-electron chi connectivity index (χ2n) is 8.68. The van der Waals surface area contributed by atoms with E-state index >= 15 is 0 Å². The number of benzene rings is 2. The molecule has 0 spiro atoms.